The third-order valence-electron chi connectivity index (χ3n) is 3.23. The number of halogens is 1. The Morgan fingerprint density at radius 3 is 2.76 bits per heavy atom. The van der Waals surface area contributed by atoms with Crippen LogP contribution in [0.5, 0.6) is 0 Å². The predicted octanol–water partition coefficient (Wildman–Crippen LogP) is 3.97. The van der Waals surface area contributed by atoms with Gasteiger partial charge < -0.3 is 9.84 Å². The van der Waals surface area contributed by atoms with Crippen molar-refractivity contribution < 1.29 is 9.32 Å². The van der Waals surface area contributed by atoms with Crippen LogP contribution in [0.3, 0.4) is 0 Å². The van der Waals surface area contributed by atoms with Crippen molar-refractivity contribution >= 4 is 34.2 Å². The van der Waals surface area contributed by atoms with E-state index in [1.807, 2.05) is 25.1 Å². The molecule has 0 atom stereocenters. The summed E-state index contributed by atoms with van der Waals surface area (Å²) in [6, 6.07) is 12.7. The molecule has 21 heavy (non-hydrogen) atoms. The fourth-order valence-electron chi connectivity index (χ4n) is 2.17. The normalized spacial score (nSPS) is 10.8. The number of para-hydroxylation sites is 1. The molecule has 0 radical (unpaired) electrons. The van der Waals surface area contributed by atoms with Gasteiger partial charge in [0.15, 0.2) is 5.58 Å². The Kier molecular flexibility index (Phi) is 3.62. The summed E-state index contributed by atoms with van der Waals surface area (Å²) in [4.78, 5) is 12.1. The first-order chi connectivity index (χ1) is 10.1. The number of hydrogen-bond donors (Lipinski definition) is 1. The minimum absolute atomic E-state index is 0.144. The molecule has 1 amide bonds. The van der Waals surface area contributed by atoms with Crippen LogP contribution in [-0.2, 0) is 11.2 Å². The molecule has 5 heteroatoms. The summed E-state index contributed by atoms with van der Waals surface area (Å²) in [6.07, 6.45) is 0.166. The zero-order chi connectivity index (χ0) is 14.8. The molecular formula is C16H13ClN2O2. The van der Waals surface area contributed by atoms with Gasteiger partial charge in [-0.3, -0.25) is 4.79 Å². The molecule has 0 bridgehead atoms. The van der Waals surface area contributed by atoms with Crippen molar-refractivity contribution in [3.63, 3.8) is 0 Å². The number of nitrogens with one attached hydrogen (secondary N) is 1. The van der Waals surface area contributed by atoms with E-state index in [0.29, 0.717) is 16.4 Å². The lowest BCUT2D eigenvalue weighted by Gasteiger charge is -2.03. The van der Waals surface area contributed by atoms with Crippen molar-refractivity contribution in [2.24, 2.45) is 0 Å². The number of amides is 1. The summed E-state index contributed by atoms with van der Waals surface area (Å²) < 4.78 is 5.30. The highest BCUT2D eigenvalue weighted by molar-refractivity contribution is 6.30. The van der Waals surface area contributed by atoms with Gasteiger partial charge in [0.05, 0.1) is 6.42 Å². The number of carbonyl (C=O) groups is 1. The molecule has 0 aliphatic rings. The molecule has 2 aromatic carbocycles. The van der Waals surface area contributed by atoms with E-state index in [1.165, 1.54) is 0 Å². The lowest BCUT2D eigenvalue weighted by Crippen LogP contribution is -2.14. The fourth-order valence-corrected chi connectivity index (χ4v) is 2.29. The third kappa shape index (κ3) is 2.90. The Morgan fingerprint density at radius 2 is 2.00 bits per heavy atom. The molecule has 4 nitrogen and oxygen atoms in total. The van der Waals surface area contributed by atoms with E-state index in [2.05, 4.69) is 10.5 Å². The number of anilines is 1. The maximum Gasteiger partial charge on any atom is 0.230 e. The highest BCUT2D eigenvalue weighted by atomic mass is 35.5. The maximum atomic E-state index is 12.1. The first-order valence-electron chi connectivity index (χ1n) is 6.53. The molecule has 0 saturated carbocycles. The molecule has 3 aromatic rings. The maximum absolute atomic E-state index is 12.1. The van der Waals surface area contributed by atoms with Crippen molar-refractivity contribution in [1.82, 2.24) is 5.16 Å². The highest BCUT2D eigenvalue weighted by Gasteiger charge is 2.13. The molecule has 1 heterocycles. The Hall–Kier alpha value is -2.33. The summed E-state index contributed by atoms with van der Waals surface area (Å²) in [5, 5.41) is 8.31. The van der Waals surface area contributed by atoms with Crippen LogP contribution in [0.15, 0.2) is 47.0 Å². The van der Waals surface area contributed by atoms with Crippen LogP contribution >= 0.6 is 11.6 Å². The molecule has 0 saturated heterocycles. The van der Waals surface area contributed by atoms with Gasteiger partial charge in [-0.15, -0.1) is 0 Å². The van der Waals surface area contributed by atoms with Crippen LogP contribution < -0.4 is 5.32 Å². The van der Waals surface area contributed by atoms with Gasteiger partial charge in [0.25, 0.3) is 0 Å². The first-order valence-corrected chi connectivity index (χ1v) is 6.90. The minimum Gasteiger partial charge on any atom is -0.356 e. The number of nitrogens with zero attached hydrogens (tertiary/aromatic N) is 1. The second-order valence-electron chi connectivity index (χ2n) is 4.81. The van der Waals surface area contributed by atoms with E-state index in [1.54, 1.807) is 24.3 Å². The van der Waals surface area contributed by atoms with Gasteiger partial charge in [-0.1, -0.05) is 28.9 Å². The zero-order valence-corrected chi connectivity index (χ0v) is 12.1. The highest BCUT2D eigenvalue weighted by Crippen LogP contribution is 2.22. The SMILES string of the molecule is Cc1cccc2c(CC(=O)Nc3ccc(Cl)cc3)noc12. The number of carbonyl (C=O) groups excluding carboxylic acids is 1. The average Bonchev–Trinajstić information content (AvgIpc) is 2.86. The number of hydrogen-bond acceptors (Lipinski definition) is 3. The molecule has 0 aliphatic heterocycles. The summed E-state index contributed by atoms with van der Waals surface area (Å²) >= 11 is 5.81. The number of aromatic nitrogens is 1. The predicted molar refractivity (Wildman–Crippen MR) is 82.5 cm³/mol. The van der Waals surface area contributed by atoms with Gasteiger partial charge in [-0.05, 0) is 42.8 Å². The average molecular weight is 301 g/mol. The van der Waals surface area contributed by atoms with Crippen molar-refractivity contribution in [3.8, 4) is 0 Å². The Labute approximate surface area is 126 Å². The molecule has 0 unspecified atom stereocenters. The van der Waals surface area contributed by atoms with Gasteiger partial charge in [-0.2, -0.15) is 0 Å². The van der Waals surface area contributed by atoms with E-state index < -0.39 is 0 Å². The topological polar surface area (TPSA) is 55.1 Å². The van der Waals surface area contributed by atoms with E-state index in [-0.39, 0.29) is 12.3 Å². The van der Waals surface area contributed by atoms with Crippen LogP contribution in [0, 0.1) is 6.92 Å². The van der Waals surface area contributed by atoms with E-state index >= 15 is 0 Å². The number of aryl methyl sites for hydroxylation is 1. The first kappa shape index (κ1) is 13.6. The monoisotopic (exact) mass is 300 g/mol. The number of rotatable bonds is 3. The number of benzene rings is 2. The summed E-state index contributed by atoms with van der Waals surface area (Å²) in [5.74, 6) is -0.144. The van der Waals surface area contributed by atoms with Crippen LogP contribution in [0.2, 0.25) is 5.02 Å². The molecule has 106 valence electrons. The molecule has 1 aromatic heterocycles. The van der Waals surface area contributed by atoms with Gasteiger partial charge in [-0.25, -0.2) is 0 Å². The van der Waals surface area contributed by atoms with E-state index in [4.69, 9.17) is 16.1 Å². The largest absolute Gasteiger partial charge is 0.356 e. The van der Waals surface area contributed by atoms with Crippen molar-refractivity contribution in [3.05, 3.63) is 58.7 Å². The summed E-state index contributed by atoms with van der Waals surface area (Å²) in [7, 11) is 0. The van der Waals surface area contributed by atoms with Gasteiger partial charge in [0.1, 0.15) is 5.69 Å². The van der Waals surface area contributed by atoms with Crippen molar-refractivity contribution in [2.45, 2.75) is 13.3 Å². The summed E-state index contributed by atoms with van der Waals surface area (Å²) in [5.41, 5.74) is 3.07. The minimum atomic E-state index is -0.144. The number of fused-ring (bicyclic) bond motifs is 1. The summed E-state index contributed by atoms with van der Waals surface area (Å²) in [6.45, 7) is 1.95. The molecular weight excluding hydrogens is 288 g/mol. The van der Waals surface area contributed by atoms with Crippen molar-refractivity contribution in [2.75, 3.05) is 5.32 Å². The van der Waals surface area contributed by atoms with Crippen LogP contribution in [0.4, 0.5) is 5.69 Å². The molecule has 3 rings (SSSR count). The molecule has 1 N–H and O–H groups in total. The van der Waals surface area contributed by atoms with Gasteiger partial charge in [0.2, 0.25) is 5.91 Å². The van der Waals surface area contributed by atoms with Crippen molar-refractivity contribution in [1.29, 1.82) is 0 Å². The molecule has 0 fully saturated rings. The standard InChI is InChI=1S/C16H13ClN2O2/c1-10-3-2-4-13-14(19-21-16(10)13)9-15(20)18-12-7-5-11(17)6-8-12/h2-8H,9H2,1H3,(H,18,20). The third-order valence-corrected chi connectivity index (χ3v) is 3.48. The second kappa shape index (κ2) is 5.58. The second-order valence-corrected chi connectivity index (χ2v) is 5.25. The van der Waals surface area contributed by atoms with E-state index in [9.17, 15) is 4.79 Å². The Morgan fingerprint density at radius 1 is 1.24 bits per heavy atom. The Balaban J connectivity index is 1.77. The lowest BCUT2D eigenvalue weighted by molar-refractivity contribution is -0.115. The quantitative estimate of drug-likeness (QED) is 0.796. The van der Waals surface area contributed by atoms with Crippen LogP contribution in [0.1, 0.15) is 11.3 Å². The zero-order valence-electron chi connectivity index (χ0n) is 11.4. The molecule has 0 spiro atoms. The van der Waals surface area contributed by atoms with Gasteiger partial charge in [0, 0.05) is 16.1 Å². The molecule has 0 aliphatic carbocycles. The fraction of sp³-hybridized carbons (Fsp3) is 0.125. The lowest BCUT2D eigenvalue weighted by atomic mass is 10.1. The smallest absolute Gasteiger partial charge is 0.230 e. The van der Waals surface area contributed by atoms with Gasteiger partial charge >= 0.3 is 0 Å². The Bertz CT molecular complexity index is 794. The van der Waals surface area contributed by atoms with E-state index in [0.717, 1.165) is 16.5 Å². The van der Waals surface area contributed by atoms with Crippen LogP contribution in [-0.4, -0.2) is 11.1 Å². The van der Waals surface area contributed by atoms with Crippen LogP contribution in [0.25, 0.3) is 11.0 Å².